The van der Waals surface area contributed by atoms with Crippen LogP contribution in [-0.4, -0.2) is 13.1 Å². The lowest BCUT2D eigenvalue weighted by Crippen LogP contribution is -2.03. The van der Waals surface area contributed by atoms with Crippen LogP contribution in [0.15, 0.2) is 34.7 Å². The summed E-state index contributed by atoms with van der Waals surface area (Å²) >= 11 is 0. The Morgan fingerprint density at radius 1 is 1.22 bits per heavy atom. The van der Waals surface area contributed by atoms with E-state index >= 15 is 0 Å². The second-order valence-electron chi connectivity index (χ2n) is 5.12. The lowest BCUT2D eigenvalue weighted by Gasteiger charge is -2.06. The number of carbonyl (C=O) groups excluding carboxylic acids is 1. The van der Waals surface area contributed by atoms with Crippen molar-refractivity contribution in [1.29, 1.82) is 0 Å². The van der Waals surface area contributed by atoms with Crippen LogP contribution < -0.4 is 0 Å². The molecule has 0 aliphatic carbocycles. The average molecular weight is 326 g/mol. The summed E-state index contributed by atoms with van der Waals surface area (Å²) in [5.74, 6) is 0.330. The van der Waals surface area contributed by atoms with Crippen molar-refractivity contribution in [3.05, 3.63) is 47.2 Å². The van der Waals surface area contributed by atoms with E-state index in [1.807, 2.05) is 6.92 Å². The number of unbranched alkanes of at least 4 members (excludes halogenated alkanes) is 1. The summed E-state index contributed by atoms with van der Waals surface area (Å²) in [6.45, 7) is 2.01. The maximum atomic E-state index is 12.6. The molecule has 0 amide bonds. The first-order valence-corrected chi connectivity index (χ1v) is 7.25. The van der Waals surface area contributed by atoms with Crippen LogP contribution in [0.3, 0.4) is 0 Å². The zero-order valence-electron chi connectivity index (χ0n) is 12.9. The van der Waals surface area contributed by atoms with Crippen LogP contribution in [-0.2, 0) is 17.3 Å². The van der Waals surface area contributed by atoms with Gasteiger partial charge in [0.1, 0.15) is 17.1 Å². The summed E-state index contributed by atoms with van der Waals surface area (Å²) in [6.07, 6.45) is -2.05. The highest BCUT2D eigenvalue weighted by Crippen LogP contribution is 2.32. The number of hydrogen-bond donors (Lipinski definition) is 0. The molecule has 0 aliphatic rings. The van der Waals surface area contributed by atoms with Crippen LogP contribution in [0.1, 0.15) is 41.4 Å². The fourth-order valence-corrected chi connectivity index (χ4v) is 2.20. The Balaban J connectivity index is 2.35. The number of benzene rings is 1. The van der Waals surface area contributed by atoms with Crippen molar-refractivity contribution in [2.24, 2.45) is 0 Å². The molecule has 1 aromatic carbocycles. The predicted molar refractivity (Wildman–Crippen MR) is 79.1 cm³/mol. The van der Waals surface area contributed by atoms with E-state index in [1.165, 1.54) is 25.3 Å². The van der Waals surface area contributed by atoms with E-state index in [0.717, 1.165) is 25.0 Å². The number of carbonyl (C=O) groups is 1. The van der Waals surface area contributed by atoms with Gasteiger partial charge >= 0.3 is 12.1 Å². The summed E-state index contributed by atoms with van der Waals surface area (Å²) < 4.78 is 48.2. The molecule has 2 rings (SSSR count). The van der Waals surface area contributed by atoms with Crippen LogP contribution in [0.2, 0.25) is 0 Å². The minimum absolute atomic E-state index is 0.316. The fraction of sp³-hybridized carbons (Fsp3) is 0.353. The highest BCUT2D eigenvalue weighted by Gasteiger charge is 2.30. The number of halogens is 3. The Morgan fingerprint density at radius 2 is 1.87 bits per heavy atom. The number of hydrogen-bond acceptors (Lipinski definition) is 3. The van der Waals surface area contributed by atoms with Gasteiger partial charge in [-0.3, -0.25) is 0 Å². The van der Waals surface area contributed by atoms with E-state index < -0.39 is 17.7 Å². The second-order valence-corrected chi connectivity index (χ2v) is 5.12. The van der Waals surface area contributed by atoms with Gasteiger partial charge in [-0.1, -0.05) is 25.5 Å². The maximum absolute atomic E-state index is 12.6. The van der Waals surface area contributed by atoms with Gasteiger partial charge in [0, 0.05) is 12.0 Å². The van der Waals surface area contributed by atoms with Crippen molar-refractivity contribution >= 4 is 5.97 Å². The molecule has 23 heavy (non-hydrogen) atoms. The van der Waals surface area contributed by atoms with Gasteiger partial charge in [-0.25, -0.2) is 4.79 Å². The molecular formula is C17H17F3O3. The molecule has 124 valence electrons. The van der Waals surface area contributed by atoms with Crippen molar-refractivity contribution in [3.63, 3.8) is 0 Å². The number of aryl methyl sites for hydroxylation is 1. The number of ether oxygens (including phenoxy) is 1. The number of furan rings is 1. The first-order valence-electron chi connectivity index (χ1n) is 7.25. The van der Waals surface area contributed by atoms with Crippen LogP contribution in [0.5, 0.6) is 0 Å². The quantitative estimate of drug-likeness (QED) is 0.718. The highest BCUT2D eigenvalue weighted by molar-refractivity contribution is 5.91. The van der Waals surface area contributed by atoms with E-state index in [0.29, 0.717) is 29.1 Å². The normalized spacial score (nSPS) is 11.5. The van der Waals surface area contributed by atoms with Crippen molar-refractivity contribution in [2.75, 3.05) is 7.11 Å². The Labute approximate surface area is 132 Å². The Kier molecular flexibility index (Phi) is 5.13. The molecule has 3 nitrogen and oxygen atoms in total. The van der Waals surface area contributed by atoms with Gasteiger partial charge in [-0.05, 0) is 24.6 Å². The summed E-state index contributed by atoms with van der Waals surface area (Å²) in [5.41, 5.74) is 0.0638. The third kappa shape index (κ3) is 3.94. The maximum Gasteiger partial charge on any atom is 0.416 e. The van der Waals surface area contributed by atoms with Gasteiger partial charge in [-0.2, -0.15) is 13.2 Å². The largest absolute Gasteiger partial charge is 0.465 e. The molecule has 0 radical (unpaired) electrons. The zero-order valence-corrected chi connectivity index (χ0v) is 12.9. The van der Waals surface area contributed by atoms with Gasteiger partial charge in [0.2, 0.25) is 0 Å². The fourth-order valence-electron chi connectivity index (χ4n) is 2.20. The molecule has 0 spiro atoms. The first-order chi connectivity index (χ1) is 10.9. The van der Waals surface area contributed by atoms with Crippen LogP contribution in [0, 0.1) is 0 Å². The molecule has 0 saturated heterocycles. The molecule has 6 heteroatoms. The zero-order chi connectivity index (χ0) is 17.0. The monoisotopic (exact) mass is 326 g/mol. The van der Waals surface area contributed by atoms with Crippen molar-refractivity contribution in [2.45, 2.75) is 32.4 Å². The van der Waals surface area contributed by atoms with Gasteiger partial charge in [0.25, 0.3) is 0 Å². The lowest BCUT2D eigenvalue weighted by molar-refractivity contribution is -0.137. The molecule has 0 N–H and O–H groups in total. The SMILES string of the molecule is CCCCc1oc(-c2ccc(C(F)(F)F)cc2)cc1C(=O)OC. The van der Waals surface area contributed by atoms with Gasteiger partial charge < -0.3 is 9.15 Å². The van der Waals surface area contributed by atoms with E-state index in [2.05, 4.69) is 0 Å². The summed E-state index contributed by atoms with van der Waals surface area (Å²) in [7, 11) is 1.27. The second kappa shape index (κ2) is 6.89. The predicted octanol–water partition coefficient (Wildman–Crippen LogP) is 5.09. The van der Waals surface area contributed by atoms with Gasteiger partial charge in [-0.15, -0.1) is 0 Å². The molecule has 2 aromatic rings. The molecule has 1 aromatic heterocycles. The lowest BCUT2D eigenvalue weighted by atomic mass is 10.1. The topological polar surface area (TPSA) is 39.4 Å². The number of methoxy groups -OCH3 is 1. The minimum Gasteiger partial charge on any atom is -0.465 e. The van der Waals surface area contributed by atoms with Crippen LogP contribution in [0.25, 0.3) is 11.3 Å². The smallest absolute Gasteiger partial charge is 0.416 e. The van der Waals surface area contributed by atoms with Crippen LogP contribution in [0.4, 0.5) is 13.2 Å². The number of alkyl halides is 3. The van der Waals surface area contributed by atoms with Crippen molar-refractivity contribution < 1.29 is 27.1 Å². The van der Waals surface area contributed by atoms with Crippen LogP contribution >= 0.6 is 0 Å². The van der Waals surface area contributed by atoms with E-state index in [9.17, 15) is 18.0 Å². The Morgan fingerprint density at radius 3 is 2.39 bits per heavy atom. The first kappa shape index (κ1) is 17.1. The standard InChI is InChI=1S/C17H17F3O3/c1-3-4-5-14-13(16(21)22-2)10-15(23-14)11-6-8-12(9-7-11)17(18,19)20/h6-10H,3-5H2,1-2H3. The minimum atomic E-state index is -4.38. The van der Waals surface area contributed by atoms with Crippen molar-refractivity contribution in [1.82, 2.24) is 0 Å². The molecule has 1 heterocycles. The molecular weight excluding hydrogens is 309 g/mol. The van der Waals surface area contributed by atoms with E-state index in [-0.39, 0.29) is 0 Å². The van der Waals surface area contributed by atoms with Crippen molar-refractivity contribution in [3.8, 4) is 11.3 Å². The molecule has 0 saturated carbocycles. The number of esters is 1. The number of rotatable bonds is 5. The average Bonchev–Trinajstić information content (AvgIpc) is 2.95. The van der Waals surface area contributed by atoms with E-state index in [4.69, 9.17) is 9.15 Å². The Hall–Kier alpha value is -2.24. The third-order valence-corrected chi connectivity index (χ3v) is 3.47. The van der Waals surface area contributed by atoms with Gasteiger partial charge in [0.05, 0.1) is 12.7 Å². The molecule has 0 aliphatic heterocycles. The Bertz CT molecular complexity index is 669. The third-order valence-electron chi connectivity index (χ3n) is 3.47. The van der Waals surface area contributed by atoms with E-state index in [1.54, 1.807) is 0 Å². The molecule has 0 unspecified atom stereocenters. The van der Waals surface area contributed by atoms with Gasteiger partial charge in [0.15, 0.2) is 0 Å². The molecule has 0 bridgehead atoms. The summed E-state index contributed by atoms with van der Waals surface area (Å²) in [4.78, 5) is 11.8. The molecule has 0 atom stereocenters. The summed E-state index contributed by atoms with van der Waals surface area (Å²) in [5, 5.41) is 0. The summed E-state index contributed by atoms with van der Waals surface area (Å²) in [6, 6.07) is 6.14. The highest BCUT2D eigenvalue weighted by atomic mass is 19.4. The molecule has 0 fully saturated rings.